The lowest BCUT2D eigenvalue weighted by atomic mass is 9.87. The highest BCUT2D eigenvalue weighted by molar-refractivity contribution is 5.85. The standard InChI is InChI=1S/C17H24N2O2/c1-11-2-3-12-9-18-10-16(15(12)8-11)17(21)19-13-4-6-14(20)7-5-13/h2-3,8,13-14,16,18,20H,4-7,9-10H2,1H3,(H,19,21). The van der Waals surface area contributed by atoms with E-state index in [0.717, 1.165) is 32.2 Å². The van der Waals surface area contributed by atoms with Crippen molar-refractivity contribution in [3.05, 3.63) is 34.9 Å². The van der Waals surface area contributed by atoms with Gasteiger partial charge in [-0.3, -0.25) is 4.79 Å². The first-order chi connectivity index (χ1) is 10.1. The number of benzene rings is 1. The molecule has 3 N–H and O–H groups in total. The molecule has 4 nitrogen and oxygen atoms in total. The highest BCUT2D eigenvalue weighted by atomic mass is 16.3. The summed E-state index contributed by atoms with van der Waals surface area (Å²) in [5.41, 5.74) is 3.60. The number of carbonyl (C=O) groups excluding carboxylic acids is 1. The fourth-order valence-corrected chi connectivity index (χ4v) is 3.42. The van der Waals surface area contributed by atoms with Gasteiger partial charge in [0.15, 0.2) is 0 Å². The summed E-state index contributed by atoms with van der Waals surface area (Å²) in [5, 5.41) is 16.1. The van der Waals surface area contributed by atoms with E-state index in [9.17, 15) is 9.90 Å². The van der Waals surface area contributed by atoms with Crippen molar-refractivity contribution in [2.24, 2.45) is 0 Å². The lowest BCUT2D eigenvalue weighted by Gasteiger charge is -2.30. The zero-order valence-electron chi connectivity index (χ0n) is 12.6. The summed E-state index contributed by atoms with van der Waals surface area (Å²) in [4.78, 5) is 12.6. The van der Waals surface area contributed by atoms with E-state index in [1.54, 1.807) is 0 Å². The second-order valence-corrected chi connectivity index (χ2v) is 6.40. The van der Waals surface area contributed by atoms with Crippen molar-refractivity contribution < 1.29 is 9.90 Å². The molecule has 4 heteroatoms. The molecule has 1 atom stereocenters. The number of carbonyl (C=O) groups is 1. The van der Waals surface area contributed by atoms with E-state index in [1.165, 1.54) is 16.7 Å². The Morgan fingerprint density at radius 1 is 1.29 bits per heavy atom. The molecule has 0 spiro atoms. The second kappa shape index (κ2) is 6.16. The minimum Gasteiger partial charge on any atom is -0.393 e. The number of aliphatic hydroxyl groups excluding tert-OH is 1. The van der Waals surface area contributed by atoms with Crippen LogP contribution in [-0.2, 0) is 11.3 Å². The summed E-state index contributed by atoms with van der Waals surface area (Å²) in [6, 6.07) is 6.58. The molecule has 1 aromatic carbocycles. The number of fused-ring (bicyclic) bond motifs is 1. The maximum Gasteiger partial charge on any atom is 0.229 e. The van der Waals surface area contributed by atoms with E-state index in [4.69, 9.17) is 0 Å². The summed E-state index contributed by atoms with van der Waals surface area (Å²) in [7, 11) is 0. The van der Waals surface area contributed by atoms with Crippen LogP contribution in [0.1, 0.15) is 48.3 Å². The Hall–Kier alpha value is -1.39. The van der Waals surface area contributed by atoms with Crippen LogP contribution in [0.25, 0.3) is 0 Å². The van der Waals surface area contributed by atoms with Gasteiger partial charge in [-0.15, -0.1) is 0 Å². The smallest absolute Gasteiger partial charge is 0.229 e. The van der Waals surface area contributed by atoms with E-state index < -0.39 is 0 Å². The third-order valence-electron chi connectivity index (χ3n) is 4.70. The van der Waals surface area contributed by atoms with E-state index >= 15 is 0 Å². The molecule has 1 aliphatic carbocycles. The molecule has 1 aliphatic heterocycles. The predicted octanol–water partition coefficient (Wildman–Crippen LogP) is 1.60. The van der Waals surface area contributed by atoms with Crippen LogP contribution in [0.2, 0.25) is 0 Å². The summed E-state index contributed by atoms with van der Waals surface area (Å²) >= 11 is 0. The maximum absolute atomic E-state index is 12.6. The molecule has 1 saturated carbocycles. The van der Waals surface area contributed by atoms with Gasteiger partial charge in [-0.25, -0.2) is 0 Å². The number of nitrogens with one attached hydrogen (secondary N) is 2. The van der Waals surface area contributed by atoms with Gasteiger partial charge in [0.2, 0.25) is 5.91 Å². The molecule has 0 saturated heterocycles. The molecular weight excluding hydrogens is 264 g/mol. The second-order valence-electron chi connectivity index (χ2n) is 6.40. The number of rotatable bonds is 2. The molecule has 1 fully saturated rings. The van der Waals surface area contributed by atoms with Gasteiger partial charge in [-0.2, -0.15) is 0 Å². The number of aliphatic hydroxyl groups is 1. The monoisotopic (exact) mass is 288 g/mol. The van der Waals surface area contributed by atoms with E-state index in [2.05, 4.69) is 35.8 Å². The highest BCUT2D eigenvalue weighted by Gasteiger charge is 2.29. The van der Waals surface area contributed by atoms with Crippen molar-refractivity contribution in [3.8, 4) is 0 Å². The maximum atomic E-state index is 12.6. The summed E-state index contributed by atoms with van der Waals surface area (Å²) in [5.74, 6) is 0.0240. The first-order valence-corrected chi connectivity index (χ1v) is 7.92. The zero-order valence-corrected chi connectivity index (χ0v) is 12.6. The molecule has 21 heavy (non-hydrogen) atoms. The van der Waals surface area contributed by atoms with Crippen molar-refractivity contribution in [1.29, 1.82) is 0 Å². The molecular formula is C17H24N2O2. The van der Waals surface area contributed by atoms with Crippen LogP contribution in [0, 0.1) is 6.92 Å². The molecule has 3 rings (SSSR count). The van der Waals surface area contributed by atoms with Gasteiger partial charge in [0.05, 0.1) is 12.0 Å². The van der Waals surface area contributed by atoms with Gasteiger partial charge in [0.25, 0.3) is 0 Å². The lowest BCUT2D eigenvalue weighted by molar-refractivity contribution is -0.123. The van der Waals surface area contributed by atoms with Gasteiger partial charge in [0.1, 0.15) is 0 Å². The first-order valence-electron chi connectivity index (χ1n) is 7.92. The van der Waals surface area contributed by atoms with Crippen LogP contribution in [-0.4, -0.2) is 29.7 Å². The van der Waals surface area contributed by atoms with Crippen LogP contribution in [0.5, 0.6) is 0 Å². The first kappa shape index (κ1) is 14.5. The number of hydrogen-bond donors (Lipinski definition) is 3. The fourth-order valence-electron chi connectivity index (χ4n) is 3.42. The lowest BCUT2D eigenvalue weighted by Crippen LogP contribution is -2.44. The summed E-state index contributed by atoms with van der Waals surface area (Å²) in [6.07, 6.45) is 3.17. The van der Waals surface area contributed by atoms with Gasteiger partial charge in [-0.1, -0.05) is 23.8 Å². The minimum atomic E-state index is -0.183. The minimum absolute atomic E-state index is 0.0968. The van der Waals surface area contributed by atoms with Crippen molar-refractivity contribution in [2.75, 3.05) is 6.54 Å². The van der Waals surface area contributed by atoms with Crippen molar-refractivity contribution in [1.82, 2.24) is 10.6 Å². The molecule has 0 bridgehead atoms. The van der Waals surface area contributed by atoms with Gasteiger partial charge >= 0.3 is 0 Å². The van der Waals surface area contributed by atoms with Crippen LogP contribution in [0.15, 0.2) is 18.2 Å². The van der Waals surface area contributed by atoms with Crippen molar-refractivity contribution >= 4 is 5.91 Å². The Balaban J connectivity index is 1.70. The summed E-state index contributed by atoms with van der Waals surface area (Å²) in [6.45, 7) is 3.62. The Labute approximate surface area is 125 Å². The molecule has 1 heterocycles. The van der Waals surface area contributed by atoms with E-state index in [1.807, 2.05) is 0 Å². The van der Waals surface area contributed by atoms with Gasteiger partial charge in [0, 0.05) is 19.1 Å². The molecule has 1 amide bonds. The Morgan fingerprint density at radius 3 is 2.81 bits per heavy atom. The van der Waals surface area contributed by atoms with Gasteiger partial charge in [-0.05, 0) is 43.7 Å². The summed E-state index contributed by atoms with van der Waals surface area (Å²) < 4.78 is 0. The molecule has 0 radical (unpaired) electrons. The molecule has 1 unspecified atom stereocenters. The third kappa shape index (κ3) is 3.27. The van der Waals surface area contributed by atoms with Crippen LogP contribution < -0.4 is 10.6 Å². The largest absolute Gasteiger partial charge is 0.393 e. The predicted molar refractivity (Wildman–Crippen MR) is 82.0 cm³/mol. The third-order valence-corrected chi connectivity index (χ3v) is 4.70. The number of amides is 1. The van der Waals surface area contributed by atoms with Crippen LogP contribution in [0.3, 0.4) is 0 Å². The number of hydrogen-bond acceptors (Lipinski definition) is 3. The van der Waals surface area contributed by atoms with E-state index in [-0.39, 0.29) is 24.0 Å². The quantitative estimate of drug-likeness (QED) is 0.774. The van der Waals surface area contributed by atoms with Crippen molar-refractivity contribution in [2.45, 2.75) is 57.2 Å². The van der Waals surface area contributed by atoms with E-state index in [0.29, 0.717) is 6.54 Å². The topological polar surface area (TPSA) is 61.4 Å². The molecule has 2 aliphatic rings. The molecule has 1 aromatic rings. The van der Waals surface area contributed by atoms with Gasteiger partial charge < -0.3 is 15.7 Å². The Kier molecular flexibility index (Phi) is 4.27. The zero-order chi connectivity index (χ0) is 14.8. The Bertz CT molecular complexity index is 522. The average molecular weight is 288 g/mol. The highest BCUT2D eigenvalue weighted by Crippen LogP contribution is 2.26. The van der Waals surface area contributed by atoms with Crippen LogP contribution >= 0.6 is 0 Å². The molecule has 114 valence electrons. The average Bonchev–Trinajstić information content (AvgIpc) is 2.49. The fraction of sp³-hybridized carbons (Fsp3) is 0.588. The Morgan fingerprint density at radius 2 is 2.05 bits per heavy atom. The number of aryl methyl sites for hydroxylation is 1. The normalized spacial score (nSPS) is 28.8. The SMILES string of the molecule is Cc1ccc2c(c1)C(C(=O)NC1CCC(O)CC1)CNC2. The van der Waals surface area contributed by atoms with Crippen LogP contribution in [0.4, 0.5) is 0 Å². The van der Waals surface area contributed by atoms with Crippen molar-refractivity contribution in [3.63, 3.8) is 0 Å². The molecule has 0 aromatic heterocycles.